The molecule has 0 unspecified atom stereocenters. The van der Waals surface area contributed by atoms with Crippen molar-refractivity contribution in [3.8, 4) is 11.4 Å². The van der Waals surface area contributed by atoms with Gasteiger partial charge in [0.15, 0.2) is 0 Å². The van der Waals surface area contributed by atoms with Crippen LogP contribution in [-0.4, -0.2) is 32.8 Å². The van der Waals surface area contributed by atoms with E-state index in [0.29, 0.717) is 11.9 Å². The van der Waals surface area contributed by atoms with Gasteiger partial charge in [0, 0.05) is 11.6 Å². The second kappa shape index (κ2) is 5.44. The number of hydrogen-bond acceptors (Lipinski definition) is 4. The fourth-order valence-electron chi connectivity index (χ4n) is 2.31. The number of tetrazole rings is 1. The molecule has 2 aromatic rings. The highest BCUT2D eigenvalue weighted by Gasteiger charge is 2.15. The van der Waals surface area contributed by atoms with E-state index in [4.69, 9.17) is 0 Å². The lowest BCUT2D eigenvalue weighted by Gasteiger charge is -2.22. The molecule has 1 saturated heterocycles. The number of hydrogen-bond donors (Lipinski definition) is 1. The summed E-state index contributed by atoms with van der Waals surface area (Å²) in [6.07, 6.45) is 3.63. The highest BCUT2D eigenvalue weighted by Crippen LogP contribution is 2.14. The standard InChI is InChI=1S/C13H16FN5/c14-11-6-4-10(5-7-11)13-16-18-19(17-13)9-12-3-1-2-8-15-12/h4-7,12,15H,1-3,8-9H2/t12-/m0/s1. The fourth-order valence-corrected chi connectivity index (χ4v) is 2.31. The van der Waals surface area contributed by atoms with Crippen molar-refractivity contribution >= 4 is 0 Å². The van der Waals surface area contributed by atoms with Crippen molar-refractivity contribution in [1.29, 1.82) is 0 Å². The molecule has 1 atom stereocenters. The predicted molar refractivity (Wildman–Crippen MR) is 68.9 cm³/mol. The predicted octanol–water partition coefficient (Wildman–Crippen LogP) is 1.62. The van der Waals surface area contributed by atoms with Gasteiger partial charge in [-0.05, 0) is 48.9 Å². The summed E-state index contributed by atoms with van der Waals surface area (Å²) in [7, 11) is 0. The lowest BCUT2D eigenvalue weighted by atomic mass is 10.1. The molecule has 1 N–H and O–H groups in total. The Balaban J connectivity index is 1.70. The molecule has 1 aromatic heterocycles. The third kappa shape index (κ3) is 2.96. The molecule has 2 heterocycles. The van der Waals surface area contributed by atoms with Crippen LogP contribution in [0.1, 0.15) is 19.3 Å². The van der Waals surface area contributed by atoms with E-state index in [1.807, 2.05) is 0 Å². The molecule has 100 valence electrons. The Morgan fingerprint density at radius 1 is 1.26 bits per heavy atom. The summed E-state index contributed by atoms with van der Waals surface area (Å²) in [5.41, 5.74) is 0.782. The highest BCUT2D eigenvalue weighted by atomic mass is 19.1. The zero-order valence-electron chi connectivity index (χ0n) is 10.6. The van der Waals surface area contributed by atoms with Crippen molar-refractivity contribution in [3.05, 3.63) is 30.1 Å². The van der Waals surface area contributed by atoms with E-state index < -0.39 is 0 Å². The summed E-state index contributed by atoms with van der Waals surface area (Å²) < 4.78 is 12.8. The van der Waals surface area contributed by atoms with E-state index in [1.165, 1.54) is 25.0 Å². The fraction of sp³-hybridized carbons (Fsp3) is 0.462. The number of piperidine rings is 1. The molecule has 0 spiro atoms. The zero-order chi connectivity index (χ0) is 13.1. The summed E-state index contributed by atoms with van der Waals surface area (Å²) in [5.74, 6) is 0.276. The molecule has 0 aliphatic carbocycles. The second-order valence-corrected chi connectivity index (χ2v) is 4.82. The lowest BCUT2D eigenvalue weighted by molar-refractivity contribution is 0.332. The molecular weight excluding hydrogens is 245 g/mol. The van der Waals surface area contributed by atoms with Gasteiger partial charge in [-0.3, -0.25) is 0 Å². The smallest absolute Gasteiger partial charge is 0.204 e. The first-order valence-corrected chi connectivity index (χ1v) is 6.58. The van der Waals surface area contributed by atoms with Gasteiger partial charge in [-0.25, -0.2) is 4.39 Å². The maximum atomic E-state index is 12.8. The first-order valence-electron chi connectivity index (χ1n) is 6.58. The van der Waals surface area contributed by atoms with E-state index in [9.17, 15) is 4.39 Å². The third-order valence-electron chi connectivity index (χ3n) is 3.35. The Kier molecular flexibility index (Phi) is 3.50. The molecule has 0 radical (unpaired) electrons. The highest BCUT2D eigenvalue weighted by molar-refractivity contribution is 5.53. The topological polar surface area (TPSA) is 55.6 Å². The first-order chi connectivity index (χ1) is 9.31. The van der Waals surface area contributed by atoms with Crippen LogP contribution < -0.4 is 5.32 Å². The minimum absolute atomic E-state index is 0.262. The normalized spacial score (nSPS) is 19.5. The van der Waals surface area contributed by atoms with Crippen LogP contribution in [0.25, 0.3) is 11.4 Å². The molecule has 19 heavy (non-hydrogen) atoms. The van der Waals surface area contributed by atoms with Gasteiger partial charge < -0.3 is 5.32 Å². The van der Waals surface area contributed by atoms with Crippen LogP contribution in [0, 0.1) is 5.82 Å². The maximum Gasteiger partial charge on any atom is 0.204 e. The van der Waals surface area contributed by atoms with Gasteiger partial charge in [0.25, 0.3) is 0 Å². The van der Waals surface area contributed by atoms with Gasteiger partial charge >= 0.3 is 0 Å². The average molecular weight is 261 g/mol. The average Bonchev–Trinajstić information content (AvgIpc) is 2.89. The minimum atomic E-state index is -0.262. The zero-order valence-corrected chi connectivity index (χ0v) is 10.6. The van der Waals surface area contributed by atoms with Gasteiger partial charge in [0.1, 0.15) is 5.82 Å². The van der Waals surface area contributed by atoms with Crippen molar-refractivity contribution < 1.29 is 4.39 Å². The lowest BCUT2D eigenvalue weighted by Crippen LogP contribution is -2.37. The summed E-state index contributed by atoms with van der Waals surface area (Å²) in [5, 5.41) is 15.8. The van der Waals surface area contributed by atoms with Crippen molar-refractivity contribution in [2.75, 3.05) is 6.54 Å². The minimum Gasteiger partial charge on any atom is -0.312 e. The van der Waals surface area contributed by atoms with Gasteiger partial charge in [0.2, 0.25) is 5.82 Å². The molecule has 6 heteroatoms. The number of rotatable bonds is 3. The number of nitrogens with one attached hydrogen (secondary N) is 1. The molecular formula is C13H16FN5. The van der Waals surface area contributed by atoms with E-state index in [1.54, 1.807) is 16.9 Å². The second-order valence-electron chi connectivity index (χ2n) is 4.82. The maximum absolute atomic E-state index is 12.8. The molecule has 1 aliphatic rings. The van der Waals surface area contributed by atoms with Crippen molar-refractivity contribution in [2.45, 2.75) is 31.8 Å². The largest absolute Gasteiger partial charge is 0.312 e. The number of nitrogens with zero attached hydrogens (tertiary/aromatic N) is 4. The first kappa shape index (κ1) is 12.2. The SMILES string of the molecule is Fc1ccc(-c2nnn(C[C@@H]3CCCCN3)n2)cc1. The van der Waals surface area contributed by atoms with Crippen LogP contribution >= 0.6 is 0 Å². The Morgan fingerprint density at radius 2 is 2.11 bits per heavy atom. The number of benzene rings is 1. The van der Waals surface area contributed by atoms with Crippen molar-refractivity contribution in [2.24, 2.45) is 0 Å². The van der Waals surface area contributed by atoms with Gasteiger partial charge in [0.05, 0.1) is 6.54 Å². The van der Waals surface area contributed by atoms with E-state index in [2.05, 4.69) is 20.7 Å². The van der Waals surface area contributed by atoms with Crippen LogP contribution in [0.4, 0.5) is 4.39 Å². The van der Waals surface area contributed by atoms with Crippen molar-refractivity contribution in [3.63, 3.8) is 0 Å². The van der Waals surface area contributed by atoms with E-state index >= 15 is 0 Å². The molecule has 0 bridgehead atoms. The summed E-state index contributed by atoms with van der Waals surface area (Å²) in [4.78, 5) is 1.61. The van der Waals surface area contributed by atoms with Crippen LogP contribution in [0.2, 0.25) is 0 Å². The molecule has 0 saturated carbocycles. The van der Waals surface area contributed by atoms with Crippen LogP contribution in [0.3, 0.4) is 0 Å². The molecule has 1 aromatic carbocycles. The number of halogens is 1. The van der Waals surface area contributed by atoms with Gasteiger partial charge in [-0.2, -0.15) is 4.80 Å². The van der Waals surface area contributed by atoms with Gasteiger partial charge in [-0.15, -0.1) is 10.2 Å². The summed E-state index contributed by atoms with van der Waals surface area (Å²) in [6, 6.07) is 6.55. The molecule has 1 aliphatic heterocycles. The molecule has 1 fully saturated rings. The molecule has 0 amide bonds. The molecule has 3 rings (SSSR count). The summed E-state index contributed by atoms with van der Waals surface area (Å²) in [6.45, 7) is 1.79. The molecule has 5 nitrogen and oxygen atoms in total. The van der Waals surface area contributed by atoms with Crippen LogP contribution in [-0.2, 0) is 6.54 Å². The third-order valence-corrected chi connectivity index (χ3v) is 3.35. The Bertz CT molecular complexity index is 530. The van der Waals surface area contributed by atoms with Gasteiger partial charge in [-0.1, -0.05) is 6.42 Å². The summed E-state index contributed by atoms with van der Waals surface area (Å²) >= 11 is 0. The van der Waals surface area contributed by atoms with Crippen LogP contribution in [0.5, 0.6) is 0 Å². The number of aromatic nitrogens is 4. The quantitative estimate of drug-likeness (QED) is 0.912. The Morgan fingerprint density at radius 3 is 2.84 bits per heavy atom. The Hall–Kier alpha value is -1.82. The Labute approximate surface area is 110 Å². The van der Waals surface area contributed by atoms with Crippen LogP contribution in [0.15, 0.2) is 24.3 Å². The van der Waals surface area contributed by atoms with E-state index in [-0.39, 0.29) is 5.82 Å². The van der Waals surface area contributed by atoms with Crippen molar-refractivity contribution in [1.82, 2.24) is 25.5 Å². The monoisotopic (exact) mass is 261 g/mol. The van der Waals surface area contributed by atoms with E-state index in [0.717, 1.165) is 25.1 Å².